The average molecular weight is 504 g/mol. The summed E-state index contributed by atoms with van der Waals surface area (Å²) in [6.45, 7) is 0.264. The van der Waals surface area contributed by atoms with E-state index in [0.717, 1.165) is 22.0 Å². The van der Waals surface area contributed by atoms with Gasteiger partial charge in [0, 0.05) is 37.8 Å². The number of hydrogen-bond donors (Lipinski definition) is 2. The van der Waals surface area contributed by atoms with Crippen molar-refractivity contribution in [2.75, 3.05) is 31.1 Å². The van der Waals surface area contributed by atoms with E-state index in [1.54, 1.807) is 35.2 Å². The SMILES string of the molecule is O=C(O)C1(NS(=O)(=O)N2CCN(c3ccc(Cl)c(C(F)(F)F)c3)CC2)C[C@H]1c1ccccc1. The largest absolute Gasteiger partial charge is 0.480 e. The Morgan fingerprint density at radius 2 is 1.73 bits per heavy atom. The fraction of sp³-hybridized carbons (Fsp3) is 0.381. The highest BCUT2D eigenvalue weighted by molar-refractivity contribution is 7.87. The van der Waals surface area contributed by atoms with Gasteiger partial charge < -0.3 is 10.0 Å². The highest BCUT2D eigenvalue weighted by Crippen LogP contribution is 2.52. The van der Waals surface area contributed by atoms with Gasteiger partial charge in [-0.1, -0.05) is 41.9 Å². The Balaban J connectivity index is 1.45. The van der Waals surface area contributed by atoms with E-state index in [4.69, 9.17) is 11.6 Å². The third-order valence-corrected chi connectivity index (χ3v) is 8.05. The zero-order chi connectivity index (χ0) is 24.0. The van der Waals surface area contributed by atoms with Gasteiger partial charge in [0.15, 0.2) is 0 Å². The molecular formula is C21H21ClF3N3O4S. The number of anilines is 1. The van der Waals surface area contributed by atoms with Crippen LogP contribution in [0.15, 0.2) is 48.5 Å². The predicted molar refractivity (Wildman–Crippen MR) is 116 cm³/mol. The Kier molecular flexibility index (Phi) is 6.10. The highest BCUT2D eigenvalue weighted by Gasteiger charge is 2.63. The molecule has 2 fully saturated rings. The number of halogens is 4. The zero-order valence-corrected chi connectivity index (χ0v) is 18.8. The van der Waals surface area contributed by atoms with E-state index in [1.165, 1.54) is 6.07 Å². The van der Waals surface area contributed by atoms with Crippen LogP contribution in [-0.4, -0.2) is 55.5 Å². The van der Waals surface area contributed by atoms with Gasteiger partial charge in [0.2, 0.25) is 0 Å². The lowest BCUT2D eigenvalue weighted by Gasteiger charge is -2.36. The summed E-state index contributed by atoms with van der Waals surface area (Å²) in [6.07, 6.45) is -4.47. The Bertz CT molecular complexity index is 1160. The maximum Gasteiger partial charge on any atom is 0.417 e. The van der Waals surface area contributed by atoms with E-state index < -0.39 is 44.4 Å². The van der Waals surface area contributed by atoms with E-state index in [-0.39, 0.29) is 38.3 Å². The molecule has 2 atom stereocenters. The first-order valence-electron chi connectivity index (χ1n) is 10.1. The van der Waals surface area contributed by atoms with Crippen LogP contribution in [0.2, 0.25) is 5.02 Å². The lowest BCUT2D eigenvalue weighted by molar-refractivity contribution is -0.140. The number of alkyl halides is 3. The summed E-state index contributed by atoms with van der Waals surface area (Å²) in [5.74, 6) is -1.73. The molecule has 1 saturated carbocycles. The van der Waals surface area contributed by atoms with Crippen molar-refractivity contribution in [2.45, 2.75) is 24.1 Å². The van der Waals surface area contributed by atoms with Gasteiger partial charge in [0.05, 0.1) is 10.6 Å². The molecule has 7 nitrogen and oxygen atoms in total. The molecule has 0 aromatic heterocycles. The third kappa shape index (κ3) is 4.68. The normalized spacial score (nSPS) is 24.0. The van der Waals surface area contributed by atoms with E-state index >= 15 is 0 Å². The standard InChI is InChI=1S/C21H21ClF3N3O4S/c22-18-7-6-15(12-16(18)21(23,24)25)27-8-10-28(11-9-27)33(31,32)26-20(19(29)30)13-17(20)14-4-2-1-3-5-14/h1-7,12,17,26H,8-11,13H2,(H,29,30)/t17-,20?/m0/s1. The van der Waals surface area contributed by atoms with Gasteiger partial charge in [-0.15, -0.1) is 0 Å². The van der Waals surface area contributed by atoms with Crippen LogP contribution in [0.5, 0.6) is 0 Å². The lowest BCUT2D eigenvalue weighted by atomic mass is 10.1. The van der Waals surface area contributed by atoms with Crippen molar-refractivity contribution in [2.24, 2.45) is 0 Å². The minimum Gasteiger partial charge on any atom is -0.480 e. The third-order valence-electron chi connectivity index (χ3n) is 6.05. The number of nitrogens with one attached hydrogen (secondary N) is 1. The van der Waals surface area contributed by atoms with Crippen molar-refractivity contribution >= 4 is 33.5 Å². The summed E-state index contributed by atoms with van der Waals surface area (Å²) in [5, 5.41) is 9.34. The van der Waals surface area contributed by atoms with Crippen molar-refractivity contribution in [3.63, 3.8) is 0 Å². The summed E-state index contributed by atoms with van der Waals surface area (Å²) < 4.78 is 68.9. The molecule has 2 N–H and O–H groups in total. The van der Waals surface area contributed by atoms with Gasteiger partial charge in [0.25, 0.3) is 10.2 Å². The van der Waals surface area contributed by atoms with Crippen molar-refractivity contribution in [3.8, 4) is 0 Å². The van der Waals surface area contributed by atoms with Crippen LogP contribution < -0.4 is 9.62 Å². The topological polar surface area (TPSA) is 89.9 Å². The molecule has 1 unspecified atom stereocenters. The molecule has 1 aliphatic heterocycles. The first-order valence-corrected chi connectivity index (χ1v) is 11.9. The Morgan fingerprint density at radius 3 is 2.30 bits per heavy atom. The summed E-state index contributed by atoms with van der Waals surface area (Å²) in [5.41, 5.74) is -1.56. The molecular weight excluding hydrogens is 483 g/mol. The maximum atomic E-state index is 13.2. The van der Waals surface area contributed by atoms with Crippen LogP contribution in [0, 0.1) is 0 Å². The fourth-order valence-corrected chi connectivity index (χ4v) is 5.92. The molecule has 0 amide bonds. The molecule has 2 aromatic carbocycles. The summed E-state index contributed by atoms with van der Waals surface area (Å²) >= 11 is 5.67. The summed E-state index contributed by atoms with van der Waals surface area (Å²) in [4.78, 5) is 13.6. The molecule has 1 aliphatic carbocycles. The zero-order valence-electron chi connectivity index (χ0n) is 17.2. The minimum absolute atomic E-state index is 0.00892. The number of carboxylic acids is 1. The number of carboxylic acid groups (broad SMARTS) is 1. The molecule has 178 valence electrons. The molecule has 33 heavy (non-hydrogen) atoms. The molecule has 0 bridgehead atoms. The molecule has 4 rings (SSSR count). The number of carbonyl (C=O) groups is 1. The van der Waals surface area contributed by atoms with Crippen LogP contribution in [0.3, 0.4) is 0 Å². The number of piperazine rings is 1. The van der Waals surface area contributed by atoms with Gasteiger partial charge >= 0.3 is 12.1 Å². The fourth-order valence-electron chi connectivity index (χ4n) is 4.15. The minimum atomic E-state index is -4.60. The van der Waals surface area contributed by atoms with Crippen molar-refractivity contribution < 1.29 is 31.5 Å². The van der Waals surface area contributed by atoms with Gasteiger partial charge in [-0.25, -0.2) is 0 Å². The van der Waals surface area contributed by atoms with E-state index in [1.807, 2.05) is 0 Å². The second-order valence-corrected chi connectivity index (χ2v) is 10.2. The van der Waals surface area contributed by atoms with Crippen molar-refractivity contribution in [1.29, 1.82) is 0 Å². The van der Waals surface area contributed by atoms with Crippen LogP contribution in [0.4, 0.5) is 18.9 Å². The lowest BCUT2D eigenvalue weighted by Crippen LogP contribution is -2.56. The molecule has 2 aromatic rings. The van der Waals surface area contributed by atoms with Crippen molar-refractivity contribution in [3.05, 3.63) is 64.7 Å². The molecule has 1 saturated heterocycles. The monoisotopic (exact) mass is 503 g/mol. The van der Waals surface area contributed by atoms with E-state index in [2.05, 4.69) is 4.72 Å². The first-order chi connectivity index (χ1) is 15.4. The highest BCUT2D eigenvalue weighted by atomic mass is 35.5. The van der Waals surface area contributed by atoms with Gasteiger partial charge in [-0.2, -0.15) is 30.6 Å². The van der Waals surface area contributed by atoms with Crippen LogP contribution in [-0.2, 0) is 21.2 Å². The number of nitrogens with zero attached hydrogens (tertiary/aromatic N) is 2. The number of rotatable bonds is 6. The van der Waals surface area contributed by atoms with Gasteiger partial charge in [0.1, 0.15) is 5.54 Å². The molecule has 1 heterocycles. The molecule has 12 heteroatoms. The van der Waals surface area contributed by atoms with Crippen LogP contribution >= 0.6 is 11.6 Å². The van der Waals surface area contributed by atoms with Crippen LogP contribution in [0.25, 0.3) is 0 Å². The maximum absolute atomic E-state index is 13.2. The first kappa shape index (κ1) is 23.8. The summed E-state index contributed by atoms with van der Waals surface area (Å²) in [7, 11) is -4.13. The molecule has 2 aliphatic rings. The van der Waals surface area contributed by atoms with Gasteiger partial charge in [-0.05, 0) is 30.2 Å². The second-order valence-electron chi connectivity index (χ2n) is 8.10. The molecule has 0 radical (unpaired) electrons. The average Bonchev–Trinajstić information content (AvgIpc) is 3.49. The number of aliphatic carboxylic acids is 1. The Morgan fingerprint density at radius 1 is 1.09 bits per heavy atom. The Hall–Kier alpha value is -2.34. The quantitative estimate of drug-likeness (QED) is 0.631. The summed E-state index contributed by atoms with van der Waals surface area (Å²) in [6, 6.07) is 12.4. The van der Waals surface area contributed by atoms with Gasteiger partial charge in [-0.3, -0.25) is 4.79 Å². The van der Waals surface area contributed by atoms with Crippen LogP contribution in [0.1, 0.15) is 23.5 Å². The van der Waals surface area contributed by atoms with Crippen molar-refractivity contribution in [1.82, 2.24) is 9.03 Å². The Labute approximate surface area is 193 Å². The van der Waals surface area contributed by atoms with E-state index in [0.29, 0.717) is 0 Å². The number of benzene rings is 2. The second kappa shape index (κ2) is 8.46. The predicted octanol–water partition coefficient (Wildman–Crippen LogP) is 3.33. The molecule has 0 spiro atoms. The smallest absolute Gasteiger partial charge is 0.417 e. The van der Waals surface area contributed by atoms with E-state index in [9.17, 15) is 31.5 Å². The number of hydrogen-bond acceptors (Lipinski definition) is 4.